The number of hydrogen-bond donors (Lipinski definition) is 1. The standard InChI is InChI=1S/C25H20O3S/c26-25(27)23(28-21-15-14-18-8-4-5-9-19(18)16-21)17-20-10-6-7-13-24(20)29-22-11-2-1-3-12-22/h1-16,23H,17H2,(H,26,27)/t23-/m1/s1. The van der Waals surface area contributed by atoms with Gasteiger partial charge < -0.3 is 9.84 Å². The SMILES string of the molecule is O=C(O)[C@@H](Cc1ccccc1Sc1ccccc1)Oc1ccc2ccccc2c1. The van der Waals surface area contributed by atoms with Crippen LogP contribution in [0.25, 0.3) is 10.8 Å². The Hall–Kier alpha value is -3.24. The minimum Gasteiger partial charge on any atom is -0.478 e. The highest BCUT2D eigenvalue weighted by molar-refractivity contribution is 7.99. The molecule has 0 spiro atoms. The van der Waals surface area contributed by atoms with Crippen LogP contribution in [0.1, 0.15) is 5.56 Å². The van der Waals surface area contributed by atoms with E-state index in [-0.39, 0.29) is 6.42 Å². The number of hydrogen-bond acceptors (Lipinski definition) is 3. The lowest BCUT2D eigenvalue weighted by Gasteiger charge is -2.17. The number of rotatable bonds is 7. The lowest BCUT2D eigenvalue weighted by molar-refractivity contribution is -0.145. The van der Waals surface area contributed by atoms with E-state index in [1.165, 1.54) is 0 Å². The maximum absolute atomic E-state index is 11.9. The molecule has 4 rings (SSSR count). The lowest BCUT2D eigenvalue weighted by atomic mass is 10.1. The summed E-state index contributed by atoms with van der Waals surface area (Å²) in [6.45, 7) is 0. The van der Waals surface area contributed by atoms with Gasteiger partial charge in [-0.25, -0.2) is 4.79 Å². The van der Waals surface area contributed by atoms with Crippen LogP contribution in [0.2, 0.25) is 0 Å². The number of aliphatic carboxylic acids is 1. The van der Waals surface area contributed by atoms with E-state index in [1.54, 1.807) is 11.8 Å². The molecule has 4 aromatic carbocycles. The van der Waals surface area contributed by atoms with Crippen molar-refractivity contribution in [1.82, 2.24) is 0 Å². The minimum atomic E-state index is -0.974. The summed E-state index contributed by atoms with van der Waals surface area (Å²) in [5, 5.41) is 11.9. The van der Waals surface area contributed by atoms with Gasteiger partial charge in [0.15, 0.2) is 6.10 Å². The summed E-state index contributed by atoms with van der Waals surface area (Å²) in [6, 6.07) is 31.5. The average Bonchev–Trinajstić information content (AvgIpc) is 2.75. The highest BCUT2D eigenvalue weighted by Crippen LogP contribution is 2.31. The Morgan fingerprint density at radius 1 is 0.828 bits per heavy atom. The van der Waals surface area contributed by atoms with E-state index in [0.29, 0.717) is 5.75 Å². The number of carboxylic acids is 1. The molecule has 0 saturated heterocycles. The van der Waals surface area contributed by atoms with E-state index in [1.807, 2.05) is 97.1 Å². The average molecular weight is 400 g/mol. The molecule has 0 unspecified atom stereocenters. The third kappa shape index (κ3) is 4.79. The van der Waals surface area contributed by atoms with Gasteiger partial charge in [0, 0.05) is 16.2 Å². The van der Waals surface area contributed by atoms with Crippen LogP contribution >= 0.6 is 11.8 Å². The topological polar surface area (TPSA) is 46.5 Å². The number of carboxylic acid groups (broad SMARTS) is 1. The first-order chi connectivity index (χ1) is 14.2. The van der Waals surface area contributed by atoms with E-state index in [2.05, 4.69) is 0 Å². The zero-order valence-corrected chi connectivity index (χ0v) is 16.5. The first kappa shape index (κ1) is 19.1. The molecule has 0 bridgehead atoms. The van der Waals surface area contributed by atoms with Crippen LogP contribution in [-0.4, -0.2) is 17.2 Å². The van der Waals surface area contributed by atoms with Crippen LogP contribution < -0.4 is 4.74 Å². The predicted molar refractivity (Wildman–Crippen MR) is 117 cm³/mol. The molecule has 0 aliphatic heterocycles. The van der Waals surface area contributed by atoms with E-state index >= 15 is 0 Å². The third-order valence-electron chi connectivity index (χ3n) is 4.62. The fraction of sp³-hybridized carbons (Fsp3) is 0.0800. The Kier molecular flexibility index (Phi) is 5.82. The van der Waals surface area contributed by atoms with Crippen LogP contribution in [0.4, 0.5) is 0 Å². The molecule has 0 aromatic heterocycles. The van der Waals surface area contributed by atoms with E-state index in [0.717, 1.165) is 26.1 Å². The lowest BCUT2D eigenvalue weighted by Crippen LogP contribution is -2.29. The Bertz CT molecular complexity index is 1120. The Labute approximate surface area is 174 Å². The van der Waals surface area contributed by atoms with Gasteiger partial charge in [0.25, 0.3) is 0 Å². The summed E-state index contributed by atoms with van der Waals surface area (Å²) in [5.41, 5.74) is 0.953. The first-order valence-corrected chi connectivity index (χ1v) is 10.2. The predicted octanol–water partition coefficient (Wildman–Crippen LogP) is 6.07. The van der Waals surface area contributed by atoms with E-state index in [4.69, 9.17) is 4.74 Å². The molecule has 4 aromatic rings. The fourth-order valence-corrected chi connectivity index (χ4v) is 4.15. The van der Waals surface area contributed by atoms with Gasteiger partial charge in [-0.3, -0.25) is 0 Å². The molecule has 29 heavy (non-hydrogen) atoms. The molecule has 0 heterocycles. The second kappa shape index (κ2) is 8.84. The highest BCUT2D eigenvalue weighted by Gasteiger charge is 2.22. The highest BCUT2D eigenvalue weighted by atomic mass is 32.2. The fourth-order valence-electron chi connectivity index (χ4n) is 3.17. The van der Waals surface area contributed by atoms with Crippen LogP contribution in [0, 0.1) is 0 Å². The van der Waals surface area contributed by atoms with Crippen molar-refractivity contribution in [3.63, 3.8) is 0 Å². The molecule has 1 atom stereocenters. The number of fused-ring (bicyclic) bond motifs is 1. The zero-order valence-electron chi connectivity index (χ0n) is 15.7. The minimum absolute atomic E-state index is 0.290. The maximum atomic E-state index is 11.9. The molecule has 0 saturated carbocycles. The van der Waals surface area contributed by atoms with Crippen LogP contribution in [0.15, 0.2) is 107 Å². The van der Waals surface area contributed by atoms with Gasteiger partial charge in [0.05, 0.1) is 0 Å². The third-order valence-corrected chi connectivity index (χ3v) is 5.75. The molecule has 4 heteroatoms. The normalized spacial score (nSPS) is 11.9. The van der Waals surface area contributed by atoms with Crippen molar-refractivity contribution >= 4 is 28.5 Å². The summed E-state index contributed by atoms with van der Waals surface area (Å²) < 4.78 is 5.88. The largest absolute Gasteiger partial charge is 0.478 e. The van der Waals surface area contributed by atoms with Crippen molar-refractivity contribution in [2.75, 3.05) is 0 Å². The molecule has 144 valence electrons. The number of benzene rings is 4. The van der Waals surface area contributed by atoms with Gasteiger partial charge in [0.2, 0.25) is 0 Å². The van der Waals surface area contributed by atoms with Gasteiger partial charge in [0.1, 0.15) is 5.75 Å². The van der Waals surface area contributed by atoms with Gasteiger partial charge >= 0.3 is 5.97 Å². The van der Waals surface area contributed by atoms with E-state index in [9.17, 15) is 9.90 Å². The Morgan fingerprint density at radius 2 is 1.52 bits per heavy atom. The quantitative estimate of drug-likeness (QED) is 0.409. The molecule has 3 nitrogen and oxygen atoms in total. The summed E-state index contributed by atoms with van der Waals surface area (Å²) in [7, 11) is 0. The monoisotopic (exact) mass is 400 g/mol. The smallest absolute Gasteiger partial charge is 0.345 e. The molecule has 0 radical (unpaired) electrons. The molecule has 0 fully saturated rings. The summed E-state index contributed by atoms with van der Waals surface area (Å²) in [6.07, 6.45) is -0.674. The molecule has 0 aliphatic rings. The van der Waals surface area contributed by atoms with Crippen molar-refractivity contribution in [2.45, 2.75) is 22.3 Å². The Balaban J connectivity index is 1.56. The summed E-state index contributed by atoms with van der Waals surface area (Å²) in [4.78, 5) is 14.1. The maximum Gasteiger partial charge on any atom is 0.345 e. The summed E-state index contributed by atoms with van der Waals surface area (Å²) >= 11 is 1.63. The molecular weight excluding hydrogens is 380 g/mol. The van der Waals surface area contributed by atoms with Gasteiger partial charge in [-0.2, -0.15) is 0 Å². The molecule has 1 N–H and O–H groups in total. The first-order valence-electron chi connectivity index (χ1n) is 9.38. The van der Waals surface area contributed by atoms with E-state index < -0.39 is 12.1 Å². The van der Waals surface area contributed by atoms with Crippen LogP contribution in [0.3, 0.4) is 0 Å². The van der Waals surface area contributed by atoms with Crippen molar-refractivity contribution in [2.24, 2.45) is 0 Å². The number of carbonyl (C=O) groups is 1. The van der Waals surface area contributed by atoms with Crippen LogP contribution in [-0.2, 0) is 11.2 Å². The van der Waals surface area contributed by atoms with Crippen molar-refractivity contribution < 1.29 is 14.6 Å². The number of ether oxygens (including phenoxy) is 1. The Morgan fingerprint density at radius 3 is 2.31 bits per heavy atom. The van der Waals surface area contributed by atoms with Crippen LogP contribution in [0.5, 0.6) is 5.75 Å². The second-order valence-corrected chi connectivity index (χ2v) is 7.80. The molecular formula is C25H20O3S. The molecule has 0 amide bonds. The van der Waals surface area contributed by atoms with Gasteiger partial charge in [-0.15, -0.1) is 0 Å². The van der Waals surface area contributed by atoms with Crippen molar-refractivity contribution in [1.29, 1.82) is 0 Å². The summed E-state index contributed by atoms with van der Waals surface area (Å²) in [5.74, 6) is -0.415. The van der Waals surface area contributed by atoms with Gasteiger partial charge in [-0.05, 0) is 46.7 Å². The van der Waals surface area contributed by atoms with Gasteiger partial charge in [-0.1, -0.05) is 78.5 Å². The van der Waals surface area contributed by atoms with Crippen molar-refractivity contribution in [3.8, 4) is 5.75 Å². The zero-order chi connectivity index (χ0) is 20.1. The second-order valence-electron chi connectivity index (χ2n) is 6.68. The van der Waals surface area contributed by atoms with Crippen molar-refractivity contribution in [3.05, 3.63) is 103 Å². The molecule has 0 aliphatic carbocycles.